The van der Waals surface area contributed by atoms with Gasteiger partial charge in [0.2, 0.25) is 0 Å². The molecule has 2 heteroatoms. The summed E-state index contributed by atoms with van der Waals surface area (Å²) in [6, 6.07) is 14.7. The smallest absolute Gasteiger partial charge is 0.195 e. The molecule has 1 N–H and O–H groups in total. The predicted molar refractivity (Wildman–Crippen MR) is 71.6 cm³/mol. The van der Waals surface area contributed by atoms with Crippen molar-refractivity contribution in [3.63, 3.8) is 0 Å². The lowest BCUT2D eigenvalue weighted by molar-refractivity contribution is 0.0747. The van der Waals surface area contributed by atoms with E-state index in [1.54, 1.807) is 18.2 Å². The SMILES string of the molecule is Cc1cccc(C(=O)C(O)c2cccc(C)c2)c1. The van der Waals surface area contributed by atoms with Crippen LogP contribution >= 0.6 is 0 Å². The van der Waals surface area contributed by atoms with Gasteiger partial charge in [-0.1, -0.05) is 53.6 Å². The third-order valence-electron chi connectivity index (χ3n) is 2.91. The van der Waals surface area contributed by atoms with Crippen LogP contribution in [0.15, 0.2) is 48.5 Å². The van der Waals surface area contributed by atoms with Gasteiger partial charge in [-0.2, -0.15) is 0 Å². The molecule has 0 bridgehead atoms. The molecule has 0 aliphatic carbocycles. The number of Topliss-reactive ketones (excluding diaryl/α,β-unsaturated/α-hetero) is 1. The summed E-state index contributed by atoms with van der Waals surface area (Å²) in [6.07, 6.45) is -1.09. The lowest BCUT2D eigenvalue weighted by Gasteiger charge is -2.11. The summed E-state index contributed by atoms with van der Waals surface area (Å²) in [4.78, 5) is 12.2. The van der Waals surface area contributed by atoms with Crippen molar-refractivity contribution in [2.24, 2.45) is 0 Å². The molecule has 0 aliphatic rings. The van der Waals surface area contributed by atoms with Crippen LogP contribution in [0, 0.1) is 13.8 Å². The Morgan fingerprint density at radius 3 is 2.22 bits per heavy atom. The second kappa shape index (κ2) is 5.15. The maximum atomic E-state index is 12.2. The molecule has 2 nitrogen and oxygen atoms in total. The van der Waals surface area contributed by atoms with Crippen molar-refractivity contribution in [1.29, 1.82) is 0 Å². The Morgan fingerprint density at radius 1 is 1.00 bits per heavy atom. The molecular formula is C16H16O2. The number of rotatable bonds is 3. The Hall–Kier alpha value is -1.93. The van der Waals surface area contributed by atoms with Crippen molar-refractivity contribution in [3.8, 4) is 0 Å². The lowest BCUT2D eigenvalue weighted by atomic mass is 9.98. The van der Waals surface area contributed by atoms with E-state index in [9.17, 15) is 9.90 Å². The summed E-state index contributed by atoms with van der Waals surface area (Å²) < 4.78 is 0. The molecule has 0 amide bonds. The van der Waals surface area contributed by atoms with Gasteiger partial charge in [-0.3, -0.25) is 4.79 Å². The van der Waals surface area contributed by atoms with E-state index in [-0.39, 0.29) is 5.78 Å². The van der Waals surface area contributed by atoms with E-state index in [1.165, 1.54) is 0 Å². The zero-order valence-electron chi connectivity index (χ0n) is 10.6. The molecule has 2 rings (SSSR count). The van der Waals surface area contributed by atoms with Gasteiger partial charge in [0.05, 0.1) is 0 Å². The van der Waals surface area contributed by atoms with Gasteiger partial charge in [-0.05, 0) is 25.5 Å². The van der Waals surface area contributed by atoms with Crippen LogP contribution < -0.4 is 0 Å². The molecular weight excluding hydrogens is 224 g/mol. The minimum atomic E-state index is -1.09. The zero-order chi connectivity index (χ0) is 13.1. The molecule has 1 unspecified atom stereocenters. The average Bonchev–Trinajstić information content (AvgIpc) is 2.37. The van der Waals surface area contributed by atoms with Gasteiger partial charge < -0.3 is 5.11 Å². The number of carbonyl (C=O) groups excluding carboxylic acids is 1. The summed E-state index contributed by atoms with van der Waals surface area (Å²) >= 11 is 0. The molecule has 2 aromatic carbocycles. The predicted octanol–water partition coefficient (Wildman–Crippen LogP) is 3.22. The van der Waals surface area contributed by atoms with Crippen LogP contribution in [0.25, 0.3) is 0 Å². The largest absolute Gasteiger partial charge is 0.380 e. The number of hydrogen-bond acceptors (Lipinski definition) is 2. The fraction of sp³-hybridized carbons (Fsp3) is 0.188. The number of aliphatic hydroxyl groups is 1. The molecule has 0 fully saturated rings. The minimum absolute atomic E-state index is 0.260. The van der Waals surface area contributed by atoms with Crippen LogP contribution in [0.3, 0.4) is 0 Å². The van der Waals surface area contributed by atoms with E-state index in [2.05, 4.69) is 0 Å². The lowest BCUT2D eigenvalue weighted by Crippen LogP contribution is -2.12. The Morgan fingerprint density at radius 2 is 1.61 bits per heavy atom. The van der Waals surface area contributed by atoms with Gasteiger partial charge in [0.15, 0.2) is 5.78 Å². The Labute approximate surface area is 107 Å². The fourth-order valence-electron chi connectivity index (χ4n) is 1.95. The van der Waals surface area contributed by atoms with Gasteiger partial charge in [-0.15, -0.1) is 0 Å². The van der Waals surface area contributed by atoms with E-state index in [1.807, 2.05) is 44.2 Å². The highest BCUT2D eigenvalue weighted by Crippen LogP contribution is 2.19. The number of carbonyl (C=O) groups is 1. The number of hydrogen-bond donors (Lipinski definition) is 1. The summed E-state index contributed by atoms with van der Waals surface area (Å²) in [7, 11) is 0. The van der Waals surface area contributed by atoms with Crippen molar-refractivity contribution >= 4 is 5.78 Å². The standard InChI is InChI=1S/C16H16O2/c1-11-5-3-7-13(9-11)15(17)16(18)14-8-4-6-12(2)10-14/h3-10,15,17H,1-2H3. The third kappa shape index (κ3) is 2.66. The maximum absolute atomic E-state index is 12.2. The van der Waals surface area contributed by atoms with Gasteiger partial charge in [-0.25, -0.2) is 0 Å². The van der Waals surface area contributed by atoms with Crippen molar-refractivity contribution in [1.82, 2.24) is 0 Å². The Bertz CT molecular complexity index is 573. The summed E-state index contributed by atoms with van der Waals surface area (Å²) in [5, 5.41) is 10.1. The summed E-state index contributed by atoms with van der Waals surface area (Å²) in [5.74, 6) is -0.260. The number of aliphatic hydroxyl groups excluding tert-OH is 1. The van der Waals surface area contributed by atoms with Crippen molar-refractivity contribution in [3.05, 3.63) is 70.8 Å². The summed E-state index contributed by atoms with van der Waals surface area (Å²) in [5.41, 5.74) is 3.23. The highest BCUT2D eigenvalue weighted by Gasteiger charge is 2.19. The Kier molecular flexibility index (Phi) is 3.58. The van der Waals surface area contributed by atoms with E-state index in [4.69, 9.17) is 0 Å². The molecule has 0 saturated heterocycles. The van der Waals surface area contributed by atoms with Crippen LogP contribution in [0.1, 0.15) is 33.2 Å². The molecule has 0 spiro atoms. The van der Waals surface area contributed by atoms with Gasteiger partial charge in [0.25, 0.3) is 0 Å². The van der Waals surface area contributed by atoms with E-state index >= 15 is 0 Å². The first-order chi connectivity index (χ1) is 8.58. The fourth-order valence-corrected chi connectivity index (χ4v) is 1.95. The molecule has 0 aromatic heterocycles. The highest BCUT2D eigenvalue weighted by atomic mass is 16.3. The summed E-state index contributed by atoms with van der Waals surface area (Å²) in [6.45, 7) is 3.86. The topological polar surface area (TPSA) is 37.3 Å². The third-order valence-corrected chi connectivity index (χ3v) is 2.91. The normalized spacial score (nSPS) is 12.2. The van der Waals surface area contributed by atoms with Crippen LogP contribution in [-0.4, -0.2) is 10.9 Å². The molecule has 2 aromatic rings. The maximum Gasteiger partial charge on any atom is 0.195 e. The van der Waals surface area contributed by atoms with Gasteiger partial charge in [0.1, 0.15) is 6.10 Å². The van der Waals surface area contributed by atoms with Crippen molar-refractivity contribution < 1.29 is 9.90 Å². The number of aryl methyl sites for hydroxylation is 2. The van der Waals surface area contributed by atoms with Crippen molar-refractivity contribution in [2.75, 3.05) is 0 Å². The van der Waals surface area contributed by atoms with E-state index < -0.39 is 6.10 Å². The second-order valence-electron chi connectivity index (χ2n) is 4.55. The molecule has 92 valence electrons. The Balaban J connectivity index is 2.29. The number of ketones is 1. The average molecular weight is 240 g/mol. The van der Waals surface area contributed by atoms with Crippen LogP contribution in [0.4, 0.5) is 0 Å². The first-order valence-electron chi connectivity index (χ1n) is 5.93. The first kappa shape index (κ1) is 12.5. The molecule has 0 radical (unpaired) electrons. The molecule has 0 saturated carbocycles. The highest BCUT2D eigenvalue weighted by molar-refractivity contribution is 6.00. The van der Waals surface area contributed by atoms with E-state index in [0.717, 1.165) is 11.1 Å². The second-order valence-corrected chi connectivity index (χ2v) is 4.55. The number of benzene rings is 2. The van der Waals surface area contributed by atoms with E-state index in [0.29, 0.717) is 11.1 Å². The quantitative estimate of drug-likeness (QED) is 0.836. The van der Waals surface area contributed by atoms with Crippen LogP contribution in [0.2, 0.25) is 0 Å². The zero-order valence-corrected chi connectivity index (χ0v) is 10.6. The first-order valence-corrected chi connectivity index (χ1v) is 5.93. The van der Waals surface area contributed by atoms with Crippen LogP contribution in [-0.2, 0) is 0 Å². The van der Waals surface area contributed by atoms with Gasteiger partial charge in [0, 0.05) is 5.56 Å². The minimum Gasteiger partial charge on any atom is -0.380 e. The van der Waals surface area contributed by atoms with Gasteiger partial charge >= 0.3 is 0 Å². The molecule has 18 heavy (non-hydrogen) atoms. The molecule has 1 atom stereocenters. The molecule has 0 heterocycles. The van der Waals surface area contributed by atoms with Crippen molar-refractivity contribution in [2.45, 2.75) is 20.0 Å². The monoisotopic (exact) mass is 240 g/mol. The van der Waals surface area contributed by atoms with Crippen LogP contribution in [0.5, 0.6) is 0 Å². The molecule has 0 aliphatic heterocycles.